The van der Waals surface area contributed by atoms with Crippen LogP contribution in [0.2, 0.25) is 0 Å². The van der Waals surface area contributed by atoms with Crippen molar-refractivity contribution in [3.8, 4) is 0 Å². The molecule has 0 saturated carbocycles. The van der Waals surface area contributed by atoms with Crippen molar-refractivity contribution in [1.82, 2.24) is 0 Å². The molecule has 0 radical (unpaired) electrons. The van der Waals surface area contributed by atoms with Gasteiger partial charge in [-0.15, -0.1) is 0 Å². The van der Waals surface area contributed by atoms with E-state index in [4.69, 9.17) is 0 Å². The average molecular weight is 253 g/mol. The number of alkyl halides is 1. The quantitative estimate of drug-likeness (QED) is 0.446. The van der Waals surface area contributed by atoms with Crippen molar-refractivity contribution in [2.45, 2.75) is 12.8 Å². The fraction of sp³-hybridized carbons (Fsp3) is 0.250. The van der Waals surface area contributed by atoms with Crippen molar-refractivity contribution in [1.29, 1.82) is 0 Å². The highest BCUT2D eigenvalue weighted by Crippen LogP contribution is 2.08. The number of rotatable bonds is 5. The second-order valence-corrected chi connectivity index (χ2v) is 3.85. The Morgan fingerprint density at radius 3 is 2.50 bits per heavy atom. The van der Waals surface area contributed by atoms with Crippen molar-refractivity contribution in [2.75, 3.05) is 5.33 Å². The van der Waals surface area contributed by atoms with Crippen LogP contribution in [0.25, 0.3) is 0 Å². The topological polar surface area (TPSA) is 17.1 Å². The molecule has 0 atom stereocenters. The third kappa shape index (κ3) is 3.11. The van der Waals surface area contributed by atoms with E-state index in [0.29, 0.717) is 5.56 Å². The molecule has 1 rings (SSSR count). The minimum Gasteiger partial charge on any atom is -0.289 e. The summed E-state index contributed by atoms with van der Waals surface area (Å²) in [5.74, 6) is -0.0166. The Balaban J connectivity index is 2.68. The molecule has 0 aliphatic heterocycles. The van der Waals surface area contributed by atoms with Gasteiger partial charge in [0.1, 0.15) is 0 Å². The first kappa shape index (κ1) is 11.2. The molecular formula is C12H13BrO. The summed E-state index contributed by atoms with van der Waals surface area (Å²) in [5.41, 5.74) is 1.98. The molecule has 0 aromatic heterocycles. The Hall–Kier alpha value is -0.890. The van der Waals surface area contributed by atoms with Crippen LogP contribution in [0.5, 0.6) is 0 Å². The molecule has 0 amide bonds. The van der Waals surface area contributed by atoms with E-state index in [0.717, 1.165) is 18.2 Å². The first-order valence-electron chi connectivity index (χ1n) is 4.59. The average Bonchev–Trinajstić information content (AvgIpc) is 2.26. The molecule has 1 aromatic rings. The van der Waals surface area contributed by atoms with E-state index in [9.17, 15) is 4.79 Å². The van der Waals surface area contributed by atoms with Crippen molar-refractivity contribution < 1.29 is 4.79 Å². The molecule has 0 aliphatic carbocycles. The fourth-order valence-electron chi connectivity index (χ4n) is 1.22. The molecule has 0 aliphatic rings. The summed E-state index contributed by atoms with van der Waals surface area (Å²) in [4.78, 5) is 11.2. The Morgan fingerprint density at radius 1 is 1.36 bits per heavy atom. The van der Waals surface area contributed by atoms with Crippen molar-refractivity contribution in [3.63, 3.8) is 0 Å². The maximum Gasteiger partial charge on any atom is 0.185 e. The van der Waals surface area contributed by atoms with E-state index < -0.39 is 0 Å². The van der Waals surface area contributed by atoms with Gasteiger partial charge in [-0.25, -0.2) is 0 Å². The number of aryl methyl sites for hydroxylation is 1. The number of benzene rings is 1. The van der Waals surface area contributed by atoms with Crippen LogP contribution in [-0.2, 0) is 6.42 Å². The molecule has 0 N–H and O–H groups in total. The van der Waals surface area contributed by atoms with E-state index in [2.05, 4.69) is 22.5 Å². The fourth-order valence-corrected chi connectivity index (χ4v) is 1.50. The molecule has 0 unspecified atom stereocenters. The molecule has 2 heteroatoms. The molecule has 74 valence electrons. The van der Waals surface area contributed by atoms with Gasteiger partial charge in [0.05, 0.1) is 0 Å². The second kappa shape index (κ2) is 5.76. The molecule has 0 fully saturated rings. The van der Waals surface area contributed by atoms with E-state index in [-0.39, 0.29) is 5.78 Å². The highest BCUT2D eigenvalue weighted by Gasteiger charge is 1.99. The zero-order valence-corrected chi connectivity index (χ0v) is 9.59. The molecule has 0 bridgehead atoms. The van der Waals surface area contributed by atoms with Crippen molar-refractivity contribution in [2.24, 2.45) is 0 Å². The lowest BCUT2D eigenvalue weighted by Crippen LogP contribution is -1.94. The lowest BCUT2D eigenvalue weighted by molar-refractivity contribution is 0.104. The lowest BCUT2D eigenvalue weighted by atomic mass is 10.1. The number of halogens is 1. The predicted octanol–water partition coefficient (Wildman–Crippen LogP) is 3.38. The van der Waals surface area contributed by atoms with Gasteiger partial charge in [-0.3, -0.25) is 4.79 Å². The van der Waals surface area contributed by atoms with E-state index in [1.54, 1.807) is 0 Å². The summed E-state index contributed by atoms with van der Waals surface area (Å²) in [6, 6.07) is 7.71. The smallest absolute Gasteiger partial charge is 0.185 e. The minimum atomic E-state index is -0.0166. The van der Waals surface area contributed by atoms with Crippen LogP contribution in [0.4, 0.5) is 0 Å². The summed E-state index contributed by atoms with van der Waals surface area (Å²) < 4.78 is 0. The van der Waals surface area contributed by atoms with Gasteiger partial charge in [0.15, 0.2) is 5.78 Å². The summed E-state index contributed by atoms with van der Waals surface area (Å²) in [6.45, 7) is 3.45. The monoisotopic (exact) mass is 252 g/mol. The molecule has 0 saturated heterocycles. The largest absolute Gasteiger partial charge is 0.289 e. The van der Waals surface area contributed by atoms with Crippen LogP contribution in [0.15, 0.2) is 36.9 Å². The van der Waals surface area contributed by atoms with E-state index in [1.807, 2.05) is 24.3 Å². The second-order valence-electron chi connectivity index (χ2n) is 3.06. The van der Waals surface area contributed by atoms with Crippen molar-refractivity contribution >= 4 is 21.7 Å². The Bertz CT molecular complexity index is 314. The van der Waals surface area contributed by atoms with Crippen LogP contribution in [-0.4, -0.2) is 11.1 Å². The van der Waals surface area contributed by atoms with Crippen LogP contribution in [0.1, 0.15) is 22.3 Å². The van der Waals surface area contributed by atoms with Gasteiger partial charge >= 0.3 is 0 Å². The summed E-state index contributed by atoms with van der Waals surface area (Å²) >= 11 is 3.39. The molecule has 1 nitrogen and oxygen atoms in total. The molecule has 0 heterocycles. The Morgan fingerprint density at radius 2 is 2.00 bits per heavy atom. The lowest BCUT2D eigenvalue weighted by Gasteiger charge is -2.00. The predicted molar refractivity (Wildman–Crippen MR) is 63.1 cm³/mol. The molecule has 1 aromatic carbocycles. The number of carbonyl (C=O) groups excluding carboxylic acids is 1. The number of hydrogen-bond donors (Lipinski definition) is 0. The SMILES string of the molecule is C=CC(=O)c1ccc(CCCBr)cc1. The van der Waals surface area contributed by atoms with Crippen molar-refractivity contribution in [3.05, 3.63) is 48.0 Å². The Labute approximate surface area is 93.0 Å². The van der Waals surface area contributed by atoms with Crippen LogP contribution >= 0.6 is 15.9 Å². The zero-order chi connectivity index (χ0) is 10.4. The van der Waals surface area contributed by atoms with Gasteiger partial charge in [0.25, 0.3) is 0 Å². The number of hydrogen-bond acceptors (Lipinski definition) is 1. The Kier molecular flexibility index (Phi) is 4.60. The van der Waals surface area contributed by atoms with Gasteiger partial charge < -0.3 is 0 Å². The number of allylic oxidation sites excluding steroid dienone is 1. The standard InChI is InChI=1S/C12H13BrO/c1-2-12(14)11-7-5-10(6-8-11)4-3-9-13/h2,5-8H,1,3-4,9H2. The highest BCUT2D eigenvalue weighted by molar-refractivity contribution is 9.09. The highest BCUT2D eigenvalue weighted by atomic mass is 79.9. The molecule has 0 spiro atoms. The van der Waals surface area contributed by atoms with Gasteiger partial charge in [-0.1, -0.05) is 46.8 Å². The zero-order valence-electron chi connectivity index (χ0n) is 8.00. The van der Waals surface area contributed by atoms with Crippen LogP contribution < -0.4 is 0 Å². The maximum atomic E-state index is 11.2. The normalized spacial score (nSPS) is 9.79. The maximum absolute atomic E-state index is 11.2. The third-order valence-corrected chi connectivity index (χ3v) is 2.58. The van der Waals surface area contributed by atoms with Gasteiger partial charge in [-0.05, 0) is 24.5 Å². The molecule has 14 heavy (non-hydrogen) atoms. The summed E-state index contributed by atoms with van der Waals surface area (Å²) in [6.07, 6.45) is 3.51. The van der Waals surface area contributed by atoms with E-state index in [1.165, 1.54) is 11.6 Å². The summed E-state index contributed by atoms with van der Waals surface area (Å²) in [7, 11) is 0. The third-order valence-electron chi connectivity index (χ3n) is 2.02. The minimum absolute atomic E-state index is 0.0166. The van der Waals surface area contributed by atoms with Crippen LogP contribution in [0.3, 0.4) is 0 Å². The van der Waals surface area contributed by atoms with Gasteiger partial charge in [0.2, 0.25) is 0 Å². The summed E-state index contributed by atoms with van der Waals surface area (Å²) in [5, 5.41) is 1.01. The first-order chi connectivity index (χ1) is 6.77. The van der Waals surface area contributed by atoms with Gasteiger partial charge in [0, 0.05) is 10.9 Å². The number of carbonyl (C=O) groups is 1. The van der Waals surface area contributed by atoms with Crippen LogP contribution in [0, 0.1) is 0 Å². The number of ketones is 1. The van der Waals surface area contributed by atoms with E-state index >= 15 is 0 Å². The van der Waals surface area contributed by atoms with Gasteiger partial charge in [-0.2, -0.15) is 0 Å². The first-order valence-corrected chi connectivity index (χ1v) is 5.71. The molecular weight excluding hydrogens is 240 g/mol.